The lowest BCUT2D eigenvalue weighted by Crippen LogP contribution is -2.30. The van der Waals surface area contributed by atoms with Crippen LogP contribution in [0.25, 0.3) is 0 Å². The summed E-state index contributed by atoms with van der Waals surface area (Å²) in [4.78, 5) is 16.3. The monoisotopic (exact) mass is 232 g/mol. The van der Waals surface area contributed by atoms with E-state index in [2.05, 4.69) is 10.3 Å². The average Bonchev–Trinajstić information content (AvgIpc) is 2.76. The first-order chi connectivity index (χ1) is 8.16. The number of hydrogen-bond donors (Lipinski definition) is 1. The SMILES string of the molecule is Cc1ccc(C(=O)NC2C3COCC32)nc1C. The van der Waals surface area contributed by atoms with Crippen LogP contribution in [-0.2, 0) is 4.74 Å². The molecule has 17 heavy (non-hydrogen) atoms. The zero-order valence-corrected chi connectivity index (χ0v) is 10.1. The molecule has 2 fully saturated rings. The number of carbonyl (C=O) groups excluding carboxylic acids is 1. The summed E-state index contributed by atoms with van der Waals surface area (Å²) in [5.74, 6) is 1.00. The third-order valence-electron chi connectivity index (χ3n) is 3.83. The summed E-state index contributed by atoms with van der Waals surface area (Å²) in [6.07, 6.45) is 0. The van der Waals surface area contributed by atoms with Gasteiger partial charge in [0.05, 0.1) is 13.2 Å². The number of aromatic nitrogens is 1. The highest BCUT2D eigenvalue weighted by Gasteiger charge is 2.54. The molecule has 0 aromatic carbocycles. The molecule has 2 aliphatic rings. The summed E-state index contributed by atoms with van der Waals surface area (Å²) in [6.45, 7) is 5.49. The molecule has 90 valence electrons. The minimum Gasteiger partial charge on any atom is -0.381 e. The number of aryl methyl sites for hydroxylation is 2. The maximum absolute atomic E-state index is 12.0. The van der Waals surface area contributed by atoms with Crippen molar-refractivity contribution in [2.24, 2.45) is 11.8 Å². The number of amides is 1. The molecule has 1 N–H and O–H groups in total. The zero-order valence-electron chi connectivity index (χ0n) is 10.1. The lowest BCUT2D eigenvalue weighted by Gasteiger charge is -2.08. The number of carbonyl (C=O) groups is 1. The fourth-order valence-corrected chi connectivity index (χ4v) is 2.44. The van der Waals surface area contributed by atoms with E-state index >= 15 is 0 Å². The lowest BCUT2D eigenvalue weighted by molar-refractivity contribution is 0.0924. The third-order valence-corrected chi connectivity index (χ3v) is 3.83. The quantitative estimate of drug-likeness (QED) is 0.830. The van der Waals surface area contributed by atoms with Crippen molar-refractivity contribution in [3.63, 3.8) is 0 Å². The Hall–Kier alpha value is -1.42. The summed E-state index contributed by atoms with van der Waals surface area (Å²) >= 11 is 0. The predicted octanol–water partition coefficient (Wildman–Crippen LogP) is 1.07. The highest BCUT2D eigenvalue weighted by Crippen LogP contribution is 2.44. The van der Waals surface area contributed by atoms with Gasteiger partial charge in [-0.25, -0.2) is 4.98 Å². The van der Waals surface area contributed by atoms with Crippen LogP contribution in [-0.4, -0.2) is 30.1 Å². The van der Waals surface area contributed by atoms with Gasteiger partial charge in [0.25, 0.3) is 5.91 Å². The van der Waals surface area contributed by atoms with Gasteiger partial charge in [0.15, 0.2) is 0 Å². The molecule has 2 atom stereocenters. The molecule has 1 aliphatic heterocycles. The first-order valence-corrected chi connectivity index (χ1v) is 5.99. The molecule has 4 nitrogen and oxygen atoms in total. The maximum atomic E-state index is 12.0. The van der Waals surface area contributed by atoms with Crippen molar-refractivity contribution in [3.8, 4) is 0 Å². The van der Waals surface area contributed by atoms with Crippen LogP contribution in [0.5, 0.6) is 0 Å². The summed E-state index contributed by atoms with van der Waals surface area (Å²) in [6, 6.07) is 4.03. The number of rotatable bonds is 2. The second-order valence-corrected chi connectivity index (χ2v) is 4.96. The Bertz CT molecular complexity index is 462. The van der Waals surface area contributed by atoms with E-state index < -0.39 is 0 Å². The fourth-order valence-electron chi connectivity index (χ4n) is 2.44. The number of pyridine rings is 1. The molecular weight excluding hydrogens is 216 g/mol. The topological polar surface area (TPSA) is 51.2 Å². The van der Waals surface area contributed by atoms with Crippen LogP contribution in [0.3, 0.4) is 0 Å². The summed E-state index contributed by atoms with van der Waals surface area (Å²) in [5.41, 5.74) is 2.54. The number of ether oxygens (including phenoxy) is 1. The Balaban J connectivity index is 1.68. The van der Waals surface area contributed by atoms with Crippen LogP contribution in [0.4, 0.5) is 0 Å². The summed E-state index contributed by atoms with van der Waals surface area (Å²) in [5, 5.41) is 3.04. The Morgan fingerprint density at radius 1 is 1.35 bits per heavy atom. The molecule has 1 aromatic heterocycles. The molecular formula is C13H16N2O2. The van der Waals surface area contributed by atoms with E-state index in [-0.39, 0.29) is 5.91 Å². The molecule has 1 saturated heterocycles. The van der Waals surface area contributed by atoms with E-state index in [0.29, 0.717) is 23.6 Å². The fraction of sp³-hybridized carbons (Fsp3) is 0.538. The van der Waals surface area contributed by atoms with Crippen molar-refractivity contribution < 1.29 is 9.53 Å². The van der Waals surface area contributed by atoms with Gasteiger partial charge in [-0.2, -0.15) is 0 Å². The predicted molar refractivity (Wildman–Crippen MR) is 62.8 cm³/mol. The molecule has 1 aliphatic carbocycles. The van der Waals surface area contributed by atoms with Gasteiger partial charge in [-0.15, -0.1) is 0 Å². The second kappa shape index (κ2) is 3.81. The van der Waals surface area contributed by atoms with Gasteiger partial charge in [-0.1, -0.05) is 6.07 Å². The molecule has 0 spiro atoms. The Labute approximate surface area is 100 Å². The van der Waals surface area contributed by atoms with E-state index in [1.54, 1.807) is 6.07 Å². The van der Waals surface area contributed by atoms with Crippen LogP contribution < -0.4 is 5.32 Å². The first kappa shape index (κ1) is 10.7. The van der Waals surface area contributed by atoms with Crippen LogP contribution in [0, 0.1) is 25.7 Å². The molecule has 0 radical (unpaired) electrons. The molecule has 1 saturated carbocycles. The normalized spacial score (nSPS) is 29.9. The number of fused-ring (bicyclic) bond motifs is 1. The lowest BCUT2D eigenvalue weighted by atomic mass is 10.2. The largest absolute Gasteiger partial charge is 0.381 e. The van der Waals surface area contributed by atoms with E-state index in [1.807, 2.05) is 19.9 Å². The summed E-state index contributed by atoms with van der Waals surface area (Å²) in [7, 11) is 0. The second-order valence-electron chi connectivity index (χ2n) is 4.96. The van der Waals surface area contributed by atoms with E-state index in [1.165, 1.54) is 0 Å². The average molecular weight is 232 g/mol. The van der Waals surface area contributed by atoms with Gasteiger partial charge in [0.1, 0.15) is 5.69 Å². The van der Waals surface area contributed by atoms with Crippen LogP contribution in [0.2, 0.25) is 0 Å². The van der Waals surface area contributed by atoms with Crippen molar-refractivity contribution in [2.75, 3.05) is 13.2 Å². The smallest absolute Gasteiger partial charge is 0.270 e. The standard InChI is InChI=1S/C13H16N2O2/c1-7-3-4-11(14-8(7)2)13(16)15-12-9-5-17-6-10(9)12/h3-4,9-10,12H,5-6H2,1-2H3,(H,15,16). The molecule has 2 unspecified atom stereocenters. The van der Waals surface area contributed by atoms with E-state index in [9.17, 15) is 4.79 Å². The number of nitrogens with one attached hydrogen (secondary N) is 1. The molecule has 4 heteroatoms. The maximum Gasteiger partial charge on any atom is 0.270 e. The van der Waals surface area contributed by atoms with Gasteiger partial charge >= 0.3 is 0 Å². The first-order valence-electron chi connectivity index (χ1n) is 5.99. The molecule has 2 heterocycles. The Kier molecular flexibility index (Phi) is 2.40. The minimum absolute atomic E-state index is 0.0625. The number of hydrogen-bond acceptors (Lipinski definition) is 3. The van der Waals surface area contributed by atoms with Crippen molar-refractivity contribution in [1.29, 1.82) is 0 Å². The molecule has 3 rings (SSSR count). The third kappa shape index (κ3) is 1.82. The van der Waals surface area contributed by atoms with Gasteiger partial charge in [-0.05, 0) is 25.5 Å². The van der Waals surface area contributed by atoms with Crippen LogP contribution >= 0.6 is 0 Å². The number of nitrogens with zero attached hydrogens (tertiary/aromatic N) is 1. The van der Waals surface area contributed by atoms with Crippen LogP contribution in [0.15, 0.2) is 12.1 Å². The Morgan fingerprint density at radius 2 is 2.06 bits per heavy atom. The molecule has 1 amide bonds. The minimum atomic E-state index is -0.0625. The van der Waals surface area contributed by atoms with E-state index in [0.717, 1.165) is 24.5 Å². The van der Waals surface area contributed by atoms with Crippen molar-refractivity contribution >= 4 is 5.91 Å². The highest BCUT2D eigenvalue weighted by atomic mass is 16.5. The van der Waals surface area contributed by atoms with E-state index in [4.69, 9.17) is 4.74 Å². The van der Waals surface area contributed by atoms with Crippen molar-refractivity contribution in [1.82, 2.24) is 10.3 Å². The van der Waals surface area contributed by atoms with Gasteiger partial charge in [0, 0.05) is 23.6 Å². The van der Waals surface area contributed by atoms with Crippen molar-refractivity contribution in [3.05, 3.63) is 29.1 Å². The molecule has 0 bridgehead atoms. The highest BCUT2D eigenvalue weighted by molar-refractivity contribution is 5.92. The molecule has 1 aromatic rings. The van der Waals surface area contributed by atoms with Gasteiger partial charge in [-0.3, -0.25) is 4.79 Å². The summed E-state index contributed by atoms with van der Waals surface area (Å²) < 4.78 is 5.29. The van der Waals surface area contributed by atoms with Gasteiger partial charge in [0.2, 0.25) is 0 Å². The zero-order chi connectivity index (χ0) is 12.0. The van der Waals surface area contributed by atoms with Crippen LogP contribution in [0.1, 0.15) is 21.7 Å². The Morgan fingerprint density at radius 3 is 2.71 bits per heavy atom. The van der Waals surface area contributed by atoms with Crippen molar-refractivity contribution in [2.45, 2.75) is 19.9 Å². The van der Waals surface area contributed by atoms with Gasteiger partial charge < -0.3 is 10.1 Å².